The predicted molar refractivity (Wildman–Crippen MR) is 93.2 cm³/mol. The number of halogens is 1. The number of esters is 1. The third-order valence-corrected chi connectivity index (χ3v) is 7.30. The first-order valence-electron chi connectivity index (χ1n) is 9.40. The molecule has 0 aliphatic heterocycles. The van der Waals surface area contributed by atoms with Crippen LogP contribution in [0.25, 0.3) is 0 Å². The highest BCUT2D eigenvalue weighted by atomic mass is 19.1. The molecule has 0 fully saturated rings. The molecular weight excluding hydrogens is 319 g/mol. The quantitative estimate of drug-likeness (QED) is 0.571. The first kappa shape index (κ1) is 17.0. The van der Waals surface area contributed by atoms with E-state index in [1.165, 1.54) is 18.1 Å². The fraction of sp³-hybridized carbons (Fsp3) is 0.667. The maximum atomic E-state index is 14.6. The van der Waals surface area contributed by atoms with Crippen molar-refractivity contribution in [3.05, 3.63) is 35.2 Å². The van der Waals surface area contributed by atoms with Gasteiger partial charge in [-0.2, -0.15) is 0 Å². The van der Waals surface area contributed by atoms with E-state index in [9.17, 15) is 14.3 Å². The van der Waals surface area contributed by atoms with Gasteiger partial charge in [0, 0.05) is 23.7 Å². The van der Waals surface area contributed by atoms with E-state index in [2.05, 4.69) is 19.9 Å². The predicted octanol–water partition coefficient (Wildman–Crippen LogP) is 4.24. The van der Waals surface area contributed by atoms with Gasteiger partial charge in [-0.1, -0.05) is 37.1 Å². The molecule has 6 atom stereocenters. The Morgan fingerprint density at radius 2 is 2.12 bits per heavy atom. The lowest BCUT2D eigenvalue weighted by atomic mass is 9.53. The van der Waals surface area contributed by atoms with Crippen molar-refractivity contribution in [3.63, 3.8) is 0 Å². The largest absolute Gasteiger partial charge is 0.455 e. The number of fused-ring (bicyclic) bond motifs is 4. The van der Waals surface area contributed by atoms with Gasteiger partial charge in [0.1, 0.15) is 5.83 Å². The maximum Gasteiger partial charge on any atom is 0.303 e. The van der Waals surface area contributed by atoms with Crippen LogP contribution in [0.2, 0.25) is 0 Å². The number of carbonyl (C=O) groups excluding carboxylic acids is 1. The van der Waals surface area contributed by atoms with Crippen molar-refractivity contribution in [2.75, 3.05) is 0 Å². The first-order chi connectivity index (χ1) is 11.8. The van der Waals surface area contributed by atoms with Crippen molar-refractivity contribution in [2.24, 2.45) is 22.7 Å². The molecule has 0 aromatic rings. The highest BCUT2D eigenvalue weighted by molar-refractivity contribution is 5.66. The number of carbonyl (C=O) groups is 1. The number of hydrogen-bond acceptors (Lipinski definition) is 3. The Balaban J connectivity index is 1.75. The molecule has 0 aromatic heterocycles. The summed E-state index contributed by atoms with van der Waals surface area (Å²) in [5.74, 6) is -0.248. The van der Waals surface area contributed by atoms with Gasteiger partial charge >= 0.3 is 5.97 Å². The number of aliphatic hydroxyl groups excluding tert-OH is 1. The van der Waals surface area contributed by atoms with E-state index < -0.39 is 12.1 Å². The summed E-state index contributed by atoms with van der Waals surface area (Å²) in [5.41, 5.74) is 2.37. The lowest BCUT2D eigenvalue weighted by molar-refractivity contribution is -0.152. The molecule has 0 unspecified atom stereocenters. The Hall–Kier alpha value is -1.42. The van der Waals surface area contributed by atoms with Crippen LogP contribution in [-0.4, -0.2) is 23.3 Å². The van der Waals surface area contributed by atoms with Crippen LogP contribution in [0.5, 0.6) is 0 Å². The molecule has 0 spiro atoms. The van der Waals surface area contributed by atoms with Gasteiger partial charge < -0.3 is 9.84 Å². The van der Waals surface area contributed by atoms with Crippen molar-refractivity contribution in [1.29, 1.82) is 0 Å². The smallest absolute Gasteiger partial charge is 0.303 e. The zero-order valence-corrected chi connectivity index (χ0v) is 15.2. The number of allylic oxidation sites excluding steroid dienone is 4. The fourth-order valence-corrected chi connectivity index (χ4v) is 5.88. The molecule has 4 aliphatic carbocycles. The lowest BCUT2D eigenvalue weighted by Crippen LogP contribution is -2.45. The summed E-state index contributed by atoms with van der Waals surface area (Å²) < 4.78 is 20.0. The minimum atomic E-state index is -0.752. The molecule has 0 saturated heterocycles. The summed E-state index contributed by atoms with van der Waals surface area (Å²) in [6.07, 6.45) is 9.23. The minimum Gasteiger partial charge on any atom is -0.455 e. The zero-order chi connectivity index (χ0) is 18.0. The Morgan fingerprint density at radius 1 is 1.36 bits per heavy atom. The van der Waals surface area contributed by atoms with Gasteiger partial charge in [-0.05, 0) is 44.1 Å². The average molecular weight is 346 g/mol. The molecule has 0 radical (unpaired) electrons. The number of rotatable bonds is 1. The van der Waals surface area contributed by atoms with E-state index >= 15 is 0 Å². The molecule has 4 aliphatic rings. The molecule has 4 heteroatoms. The summed E-state index contributed by atoms with van der Waals surface area (Å²) in [7, 11) is 0. The molecule has 25 heavy (non-hydrogen) atoms. The molecule has 136 valence electrons. The van der Waals surface area contributed by atoms with E-state index in [-0.39, 0.29) is 28.7 Å². The van der Waals surface area contributed by atoms with Gasteiger partial charge in [0.15, 0.2) is 6.10 Å². The van der Waals surface area contributed by atoms with Crippen molar-refractivity contribution >= 4 is 5.97 Å². The van der Waals surface area contributed by atoms with Crippen molar-refractivity contribution in [3.8, 4) is 0 Å². The average Bonchev–Trinajstić information content (AvgIpc) is 2.79. The molecule has 1 N–H and O–H groups in total. The van der Waals surface area contributed by atoms with E-state index in [1.54, 1.807) is 6.08 Å². The Kier molecular flexibility index (Phi) is 3.77. The van der Waals surface area contributed by atoms with Gasteiger partial charge in [-0.15, -0.1) is 0 Å². The van der Waals surface area contributed by atoms with Crippen LogP contribution in [0.4, 0.5) is 4.39 Å². The monoisotopic (exact) mass is 346 g/mol. The topological polar surface area (TPSA) is 46.5 Å². The normalized spacial score (nSPS) is 45.4. The molecule has 4 rings (SSSR count). The van der Waals surface area contributed by atoms with E-state index in [1.807, 2.05) is 6.08 Å². The molecular formula is C21H27FO3. The van der Waals surface area contributed by atoms with Gasteiger partial charge in [-0.25, -0.2) is 4.39 Å². The molecule has 0 heterocycles. The Morgan fingerprint density at radius 3 is 2.84 bits per heavy atom. The third kappa shape index (κ3) is 2.37. The van der Waals surface area contributed by atoms with Crippen LogP contribution in [0.3, 0.4) is 0 Å². The zero-order valence-electron chi connectivity index (χ0n) is 15.2. The second kappa shape index (κ2) is 5.54. The van der Waals surface area contributed by atoms with E-state index in [0.717, 1.165) is 32.1 Å². The second-order valence-corrected chi connectivity index (χ2v) is 8.71. The van der Waals surface area contributed by atoms with Crippen LogP contribution in [0, 0.1) is 22.7 Å². The second-order valence-electron chi connectivity index (χ2n) is 8.71. The SMILES string of the molecule is CC(=O)O[C@H]1C(F)=C[C@H]2C3=C(CC[C@@]21C)[C@@]1(C)C=C[C@H](O)C[C@H]1CC3. The summed E-state index contributed by atoms with van der Waals surface area (Å²) in [5, 5.41) is 9.99. The maximum absolute atomic E-state index is 14.6. The Labute approximate surface area is 148 Å². The highest BCUT2D eigenvalue weighted by Gasteiger charge is 2.56. The van der Waals surface area contributed by atoms with E-state index in [4.69, 9.17) is 4.74 Å². The number of aliphatic hydroxyl groups is 1. The number of ether oxygens (including phenoxy) is 1. The van der Waals surface area contributed by atoms with Gasteiger partial charge in [-0.3, -0.25) is 4.79 Å². The van der Waals surface area contributed by atoms with Crippen LogP contribution >= 0.6 is 0 Å². The Bertz CT molecular complexity index is 706. The van der Waals surface area contributed by atoms with Crippen molar-refractivity contribution < 1.29 is 19.0 Å². The van der Waals surface area contributed by atoms with Gasteiger partial charge in [0.25, 0.3) is 0 Å². The highest BCUT2D eigenvalue weighted by Crippen LogP contribution is 2.62. The molecule has 0 saturated carbocycles. The standard InChI is InChI=1S/C21H27FO3/c1-12(23)25-19-18(22)11-17-15-5-4-13-10-14(24)6-8-20(13,2)16(15)7-9-21(17,19)3/h6,8,11,13-14,17,19,24H,4-5,7,9-10H2,1-3H3/t13-,14+,17+,19+,20+,21+/m1/s1. The molecule has 0 aromatic carbocycles. The van der Waals surface area contributed by atoms with Gasteiger partial charge in [0.2, 0.25) is 0 Å². The first-order valence-corrected chi connectivity index (χ1v) is 9.40. The van der Waals surface area contributed by atoms with Crippen LogP contribution in [0.15, 0.2) is 35.2 Å². The fourth-order valence-electron chi connectivity index (χ4n) is 5.88. The third-order valence-electron chi connectivity index (χ3n) is 7.30. The van der Waals surface area contributed by atoms with Crippen molar-refractivity contribution in [1.82, 2.24) is 0 Å². The van der Waals surface area contributed by atoms with Crippen LogP contribution in [-0.2, 0) is 9.53 Å². The summed E-state index contributed by atoms with van der Waals surface area (Å²) >= 11 is 0. The molecule has 0 amide bonds. The van der Waals surface area contributed by atoms with Crippen LogP contribution in [0.1, 0.15) is 52.9 Å². The molecule has 0 bridgehead atoms. The molecule has 3 nitrogen and oxygen atoms in total. The van der Waals surface area contributed by atoms with Crippen LogP contribution < -0.4 is 0 Å². The summed E-state index contributed by atoms with van der Waals surface area (Å²) in [6.45, 7) is 5.69. The minimum absolute atomic E-state index is 0.0126. The van der Waals surface area contributed by atoms with E-state index in [0.29, 0.717) is 5.92 Å². The summed E-state index contributed by atoms with van der Waals surface area (Å²) in [4.78, 5) is 11.5. The number of hydrogen-bond donors (Lipinski definition) is 1. The van der Waals surface area contributed by atoms with Gasteiger partial charge in [0.05, 0.1) is 6.10 Å². The van der Waals surface area contributed by atoms with Crippen molar-refractivity contribution in [2.45, 2.75) is 65.1 Å². The summed E-state index contributed by atoms with van der Waals surface area (Å²) in [6, 6.07) is 0. The lowest BCUT2D eigenvalue weighted by Gasteiger charge is -2.52.